The normalized spacial score (nSPS) is 13.2. The van der Waals surface area contributed by atoms with Crippen LogP contribution in [0.2, 0.25) is 5.02 Å². The molecule has 1 N–H and O–H groups in total. The molecule has 0 amide bonds. The number of nitrogens with zero attached hydrogens (tertiary/aromatic N) is 1. The Morgan fingerprint density at radius 1 is 1.24 bits per heavy atom. The lowest BCUT2D eigenvalue weighted by molar-refractivity contribution is 0.356. The predicted octanol–water partition coefficient (Wildman–Crippen LogP) is 3.98. The van der Waals surface area contributed by atoms with Gasteiger partial charge in [0.15, 0.2) is 0 Å². The molecule has 1 aromatic heterocycles. The van der Waals surface area contributed by atoms with Crippen LogP contribution < -0.4 is 5.32 Å². The van der Waals surface area contributed by atoms with Gasteiger partial charge in [-0.3, -0.25) is 4.98 Å². The lowest BCUT2D eigenvalue weighted by Crippen LogP contribution is -2.44. The van der Waals surface area contributed by atoms with Crippen LogP contribution in [-0.4, -0.2) is 18.1 Å². The fraction of sp³-hybridized carbons (Fsp3) is 0.353. The second-order valence-electron chi connectivity index (χ2n) is 5.74. The summed E-state index contributed by atoms with van der Waals surface area (Å²) in [5.41, 5.74) is 1.99. The molecule has 0 fully saturated rings. The minimum absolute atomic E-state index is 0.158. The van der Waals surface area contributed by atoms with E-state index in [4.69, 9.17) is 11.6 Å². The van der Waals surface area contributed by atoms with Crippen molar-refractivity contribution < 1.29 is 4.39 Å². The van der Waals surface area contributed by atoms with Crippen LogP contribution in [0, 0.1) is 5.82 Å². The Morgan fingerprint density at radius 3 is 2.48 bits per heavy atom. The summed E-state index contributed by atoms with van der Waals surface area (Å²) in [6, 6.07) is 8.80. The minimum atomic E-state index is -0.215. The van der Waals surface area contributed by atoms with Gasteiger partial charge in [-0.1, -0.05) is 37.6 Å². The van der Waals surface area contributed by atoms with Crippen LogP contribution >= 0.6 is 11.6 Å². The molecule has 1 heterocycles. The smallest absolute Gasteiger partial charge is 0.123 e. The Hall–Kier alpha value is -1.45. The van der Waals surface area contributed by atoms with E-state index in [0.717, 1.165) is 17.5 Å². The van der Waals surface area contributed by atoms with Gasteiger partial charge in [-0.05, 0) is 42.8 Å². The van der Waals surface area contributed by atoms with Crippen LogP contribution in [0.25, 0.3) is 0 Å². The van der Waals surface area contributed by atoms with E-state index in [-0.39, 0.29) is 17.3 Å². The van der Waals surface area contributed by atoms with Crippen LogP contribution in [0.1, 0.15) is 25.0 Å². The number of rotatable bonds is 5. The van der Waals surface area contributed by atoms with Gasteiger partial charge < -0.3 is 5.32 Å². The van der Waals surface area contributed by atoms with Gasteiger partial charge in [-0.15, -0.1) is 0 Å². The van der Waals surface area contributed by atoms with Crippen molar-refractivity contribution in [3.05, 3.63) is 64.7 Å². The zero-order chi connectivity index (χ0) is 15.5. The third-order valence-corrected chi connectivity index (χ3v) is 4.43. The third kappa shape index (κ3) is 3.60. The van der Waals surface area contributed by atoms with Crippen molar-refractivity contribution >= 4 is 11.6 Å². The van der Waals surface area contributed by atoms with Gasteiger partial charge in [0.2, 0.25) is 0 Å². The van der Waals surface area contributed by atoms with Crippen LogP contribution in [0.15, 0.2) is 42.7 Å². The lowest BCUT2D eigenvalue weighted by atomic mass is 9.75. The highest BCUT2D eigenvalue weighted by Crippen LogP contribution is 2.30. The second kappa shape index (κ2) is 6.54. The Kier molecular flexibility index (Phi) is 4.96. The molecule has 0 aliphatic heterocycles. The first-order valence-corrected chi connectivity index (χ1v) is 7.34. The summed E-state index contributed by atoms with van der Waals surface area (Å²) >= 11 is 6.20. The van der Waals surface area contributed by atoms with Gasteiger partial charge in [0, 0.05) is 23.9 Å². The number of hydrogen-bond acceptors (Lipinski definition) is 2. The number of aromatic nitrogens is 1. The summed E-state index contributed by atoms with van der Waals surface area (Å²) in [6.07, 6.45) is 4.19. The van der Waals surface area contributed by atoms with Crippen molar-refractivity contribution in [3.8, 4) is 0 Å². The van der Waals surface area contributed by atoms with E-state index < -0.39 is 0 Å². The quantitative estimate of drug-likeness (QED) is 0.903. The van der Waals surface area contributed by atoms with Crippen molar-refractivity contribution in [3.63, 3.8) is 0 Å². The highest BCUT2D eigenvalue weighted by molar-refractivity contribution is 6.31. The van der Waals surface area contributed by atoms with Gasteiger partial charge in [0.1, 0.15) is 5.82 Å². The summed E-state index contributed by atoms with van der Waals surface area (Å²) < 4.78 is 13.1. The van der Waals surface area contributed by atoms with Crippen molar-refractivity contribution in [2.24, 2.45) is 0 Å². The summed E-state index contributed by atoms with van der Waals surface area (Å²) in [4.78, 5) is 4.01. The van der Waals surface area contributed by atoms with E-state index in [9.17, 15) is 4.39 Å². The Bertz CT molecular complexity index is 596. The average molecular weight is 307 g/mol. The fourth-order valence-corrected chi connectivity index (χ4v) is 2.78. The topological polar surface area (TPSA) is 24.9 Å². The van der Waals surface area contributed by atoms with E-state index >= 15 is 0 Å². The molecule has 0 aliphatic carbocycles. The number of nitrogens with one attached hydrogen (secondary N) is 1. The lowest BCUT2D eigenvalue weighted by Gasteiger charge is -2.35. The zero-order valence-corrected chi connectivity index (χ0v) is 13.3. The highest BCUT2D eigenvalue weighted by atomic mass is 35.5. The van der Waals surface area contributed by atoms with E-state index in [1.54, 1.807) is 12.4 Å². The van der Waals surface area contributed by atoms with Crippen LogP contribution in [-0.2, 0) is 11.8 Å². The van der Waals surface area contributed by atoms with Gasteiger partial charge in [0.05, 0.1) is 5.02 Å². The number of hydrogen-bond donors (Lipinski definition) is 1. The summed E-state index contributed by atoms with van der Waals surface area (Å²) in [5.74, 6) is -0.215. The van der Waals surface area contributed by atoms with Crippen LogP contribution in [0.3, 0.4) is 0 Å². The maximum atomic E-state index is 13.1. The molecule has 1 unspecified atom stereocenters. The van der Waals surface area contributed by atoms with Gasteiger partial charge in [0.25, 0.3) is 0 Å². The highest BCUT2D eigenvalue weighted by Gasteiger charge is 2.30. The molecule has 2 aromatic rings. The molecule has 21 heavy (non-hydrogen) atoms. The Balaban J connectivity index is 2.27. The molecule has 4 heteroatoms. The number of likely N-dealkylation sites (N-methyl/N-ethyl adjacent to an activating group) is 1. The molecular weight excluding hydrogens is 287 g/mol. The molecule has 2 nitrogen and oxygen atoms in total. The molecule has 0 radical (unpaired) electrons. The van der Waals surface area contributed by atoms with Crippen LogP contribution in [0.5, 0.6) is 0 Å². The number of halogens is 2. The second-order valence-corrected chi connectivity index (χ2v) is 6.15. The van der Waals surface area contributed by atoms with Crippen molar-refractivity contribution in [1.29, 1.82) is 0 Å². The van der Waals surface area contributed by atoms with Crippen molar-refractivity contribution in [2.75, 3.05) is 7.05 Å². The standard InChI is InChI=1S/C17H20ClFN2/c1-17(2,13-4-6-14(19)7-5-13)16(20-3)10-12-8-9-21-11-15(12)18/h4-9,11,16,20H,10H2,1-3H3. The number of pyridine rings is 1. The maximum Gasteiger partial charge on any atom is 0.123 e. The molecule has 2 rings (SSSR count). The molecule has 1 aromatic carbocycles. The van der Waals surface area contributed by atoms with Gasteiger partial charge in [-0.2, -0.15) is 0 Å². The molecule has 112 valence electrons. The van der Waals surface area contributed by atoms with Gasteiger partial charge >= 0.3 is 0 Å². The van der Waals surface area contributed by atoms with E-state index in [2.05, 4.69) is 24.1 Å². The first kappa shape index (κ1) is 15.9. The van der Waals surface area contributed by atoms with Crippen molar-refractivity contribution in [2.45, 2.75) is 31.7 Å². The molecular formula is C17H20ClFN2. The van der Waals surface area contributed by atoms with E-state index in [0.29, 0.717) is 5.02 Å². The first-order valence-electron chi connectivity index (χ1n) is 6.97. The Morgan fingerprint density at radius 2 is 1.90 bits per heavy atom. The maximum absolute atomic E-state index is 13.1. The molecule has 0 aliphatic rings. The summed E-state index contributed by atoms with van der Waals surface area (Å²) in [5, 5.41) is 4.03. The molecule has 0 spiro atoms. The van der Waals surface area contributed by atoms with Crippen LogP contribution in [0.4, 0.5) is 4.39 Å². The third-order valence-electron chi connectivity index (χ3n) is 4.09. The van der Waals surface area contributed by atoms with Crippen molar-refractivity contribution in [1.82, 2.24) is 10.3 Å². The zero-order valence-electron chi connectivity index (χ0n) is 12.5. The van der Waals surface area contributed by atoms with Gasteiger partial charge in [-0.25, -0.2) is 4.39 Å². The average Bonchev–Trinajstić information content (AvgIpc) is 2.46. The summed E-state index contributed by atoms with van der Waals surface area (Å²) in [6.45, 7) is 4.30. The number of benzene rings is 1. The Labute approximate surface area is 130 Å². The van der Waals surface area contributed by atoms with E-state index in [1.807, 2.05) is 25.2 Å². The molecule has 1 atom stereocenters. The van der Waals surface area contributed by atoms with E-state index in [1.165, 1.54) is 12.1 Å². The summed E-state index contributed by atoms with van der Waals surface area (Å²) in [7, 11) is 1.94. The minimum Gasteiger partial charge on any atom is -0.316 e. The SMILES string of the molecule is CNC(Cc1ccncc1Cl)C(C)(C)c1ccc(F)cc1. The fourth-order valence-electron chi connectivity index (χ4n) is 2.59. The largest absolute Gasteiger partial charge is 0.316 e. The molecule has 0 bridgehead atoms. The predicted molar refractivity (Wildman–Crippen MR) is 85.2 cm³/mol. The first-order chi connectivity index (χ1) is 9.95. The molecule has 0 saturated heterocycles. The monoisotopic (exact) mass is 306 g/mol. The molecule has 0 saturated carbocycles.